The summed E-state index contributed by atoms with van der Waals surface area (Å²) >= 11 is 0. The van der Waals surface area contributed by atoms with Crippen LogP contribution in [0.4, 0.5) is 5.69 Å². The van der Waals surface area contributed by atoms with E-state index < -0.39 is 0 Å². The maximum absolute atomic E-state index is 13.2. The minimum Gasteiger partial charge on any atom is -0.356 e. The maximum Gasteiger partial charge on any atom is 0.230 e. The van der Waals surface area contributed by atoms with Crippen LogP contribution in [0.2, 0.25) is 0 Å². The highest BCUT2D eigenvalue weighted by Crippen LogP contribution is 2.29. The lowest BCUT2D eigenvalue weighted by Gasteiger charge is -2.26. The van der Waals surface area contributed by atoms with Crippen molar-refractivity contribution in [1.29, 1.82) is 0 Å². The fourth-order valence-electron chi connectivity index (χ4n) is 3.82. The summed E-state index contributed by atoms with van der Waals surface area (Å²) in [7, 11) is 0. The van der Waals surface area contributed by atoms with Crippen molar-refractivity contribution in [2.45, 2.75) is 52.5 Å². The van der Waals surface area contributed by atoms with Crippen LogP contribution in [0.5, 0.6) is 0 Å². The van der Waals surface area contributed by atoms with Gasteiger partial charge in [-0.2, -0.15) is 0 Å². The topological polar surface area (TPSA) is 49.4 Å². The zero-order valence-electron chi connectivity index (χ0n) is 17.6. The molecule has 2 amide bonds. The van der Waals surface area contributed by atoms with Crippen molar-refractivity contribution in [3.63, 3.8) is 0 Å². The van der Waals surface area contributed by atoms with Crippen LogP contribution in [-0.2, 0) is 22.6 Å². The monoisotopic (exact) mass is 392 g/mol. The summed E-state index contributed by atoms with van der Waals surface area (Å²) in [5, 5.41) is 2.95. The van der Waals surface area contributed by atoms with E-state index in [0.717, 1.165) is 42.5 Å². The summed E-state index contributed by atoms with van der Waals surface area (Å²) in [6, 6.07) is 18.0. The Labute approximate surface area is 174 Å². The van der Waals surface area contributed by atoms with Crippen LogP contribution < -0.4 is 10.2 Å². The highest BCUT2D eigenvalue weighted by atomic mass is 16.2. The number of carbonyl (C=O) groups excluding carboxylic acids is 2. The van der Waals surface area contributed by atoms with Gasteiger partial charge in [-0.25, -0.2) is 0 Å². The first-order chi connectivity index (χ1) is 14.0. The lowest BCUT2D eigenvalue weighted by atomic mass is 10.0. The Bertz CT molecular complexity index is 793. The van der Waals surface area contributed by atoms with Crippen LogP contribution >= 0.6 is 0 Å². The molecule has 0 aliphatic heterocycles. The van der Waals surface area contributed by atoms with E-state index in [9.17, 15) is 9.59 Å². The molecule has 1 aliphatic carbocycles. The number of amides is 2. The molecule has 4 nitrogen and oxygen atoms in total. The molecule has 1 N–H and O–H groups in total. The number of hydrogen-bond donors (Lipinski definition) is 1. The zero-order chi connectivity index (χ0) is 20.6. The van der Waals surface area contributed by atoms with E-state index in [4.69, 9.17) is 0 Å². The third-order valence-electron chi connectivity index (χ3n) is 5.47. The lowest BCUT2D eigenvalue weighted by Crippen LogP contribution is -2.35. The van der Waals surface area contributed by atoms with Gasteiger partial charge >= 0.3 is 0 Å². The van der Waals surface area contributed by atoms with Gasteiger partial charge < -0.3 is 10.2 Å². The average molecular weight is 393 g/mol. The van der Waals surface area contributed by atoms with E-state index >= 15 is 0 Å². The van der Waals surface area contributed by atoms with Gasteiger partial charge in [0.05, 0.1) is 13.0 Å². The molecule has 0 radical (unpaired) electrons. The van der Waals surface area contributed by atoms with Gasteiger partial charge in [-0.15, -0.1) is 0 Å². The van der Waals surface area contributed by atoms with Crippen LogP contribution in [-0.4, -0.2) is 18.4 Å². The first-order valence-electron chi connectivity index (χ1n) is 10.7. The number of benzene rings is 2. The van der Waals surface area contributed by atoms with Crippen molar-refractivity contribution in [2.24, 2.45) is 11.8 Å². The molecule has 0 heterocycles. The molecule has 3 rings (SSSR count). The molecule has 154 valence electrons. The molecule has 0 unspecified atom stereocenters. The Kier molecular flexibility index (Phi) is 7.45. The molecule has 0 atom stereocenters. The molecule has 1 saturated carbocycles. The Morgan fingerprint density at radius 3 is 2.24 bits per heavy atom. The Hall–Kier alpha value is -2.62. The van der Waals surface area contributed by atoms with Crippen molar-refractivity contribution in [2.75, 3.05) is 11.4 Å². The van der Waals surface area contributed by atoms with E-state index in [2.05, 4.69) is 31.3 Å². The highest BCUT2D eigenvalue weighted by Gasteiger charge is 2.28. The summed E-state index contributed by atoms with van der Waals surface area (Å²) in [5.74, 6) is 0.818. The molecule has 0 bridgehead atoms. The normalized spacial score (nSPS) is 14.2. The quantitative estimate of drug-likeness (QED) is 0.706. The van der Waals surface area contributed by atoms with Crippen molar-refractivity contribution in [3.8, 4) is 0 Å². The summed E-state index contributed by atoms with van der Waals surface area (Å²) in [4.78, 5) is 27.2. The second-order valence-corrected chi connectivity index (χ2v) is 8.43. The standard InChI is InChI=1S/C25H32N2O2/c1-19(2)17-26-24(28)16-20-12-14-23(15-13-20)27(18-21-8-4-3-5-9-21)25(29)22-10-6-7-11-22/h3-5,8-9,12-15,19,22H,6-7,10-11,16-18H2,1-2H3,(H,26,28). The maximum atomic E-state index is 13.2. The van der Waals surface area contributed by atoms with Crippen LogP contribution in [0.25, 0.3) is 0 Å². The fourth-order valence-corrected chi connectivity index (χ4v) is 3.82. The van der Waals surface area contributed by atoms with Crippen molar-refractivity contribution < 1.29 is 9.59 Å². The van der Waals surface area contributed by atoms with Crippen molar-refractivity contribution in [3.05, 3.63) is 65.7 Å². The molecule has 1 aliphatic rings. The largest absolute Gasteiger partial charge is 0.356 e. The first kappa shape index (κ1) is 21.1. The minimum absolute atomic E-state index is 0.0367. The molecule has 0 aromatic heterocycles. The predicted octanol–water partition coefficient (Wildman–Crippen LogP) is 4.72. The second kappa shape index (κ2) is 10.2. The van der Waals surface area contributed by atoms with Crippen molar-refractivity contribution in [1.82, 2.24) is 5.32 Å². The molecular formula is C25H32N2O2. The first-order valence-corrected chi connectivity index (χ1v) is 10.7. The molecule has 1 fully saturated rings. The third-order valence-corrected chi connectivity index (χ3v) is 5.47. The number of carbonyl (C=O) groups is 2. The van der Waals surface area contributed by atoms with E-state index in [0.29, 0.717) is 25.4 Å². The average Bonchev–Trinajstić information content (AvgIpc) is 3.26. The lowest BCUT2D eigenvalue weighted by molar-refractivity contribution is -0.122. The summed E-state index contributed by atoms with van der Waals surface area (Å²) in [6.45, 7) is 5.43. The third kappa shape index (κ3) is 6.18. The van der Waals surface area contributed by atoms with Gasteiger partial charge in [0.15, 0.2) is 0 Å². The second-order valence-electron chi connectivity index (χ2n) is 8.43. The fraction of sp³-hybridized carbons (Fsp3) is 0.440. The van der Waals surface area contributed by atoms with Crippen LogP contribution in [0, 0.1) is 11.8 Å². The van der Waals surface area contributed by atoms with E-state index in [-0.39, 0.29) is 17.7 Å². The van der Waals surface area contributed by atoms with Gasteiger partial charge in [0.25, 0.3) is 0 Å². The van der Waals surface area contributed by atoms with Crippen LogP contribution in [0.1, 0.15) is 50.7 Å². The van der Waals surface area contributed by atoms with Gasteiger partial charge in [-0.05, 0) is 42.0 Å². The highest BCUT2D eigenvalue weighted by molar-refractivity contribution is 5.95. The summed E-state index contributed by atoms with van der Waals surface area (Å²) in [5.41, 5.74) is 2.98. The van der Waals surface area contributed by atoms with Gasteiger partial charge in [0, 0.05) is 18.2 Å². The van der Waals surface area contributed by atoms with E-state index in [1.165, 1.54) is 0 Å². The molecule has 2 aromatic carbocycles. The Morgan fingerprint density at radius 2 is 1.62 bits per heavy atom. The Balaban J connectivity index is 1.72. The molecule has 29 heavy (non-hydrogen) atoms. The summed E-state index contributed by atoms with van der Waals surface area (Å²) in [6.07, 6.45) is 4.61. The molecule has 4 heteroatoms. The van der Waals surface area contributed by atoms with Crippen molar-refractivity contribution >= 4 is 17.5 Å². The SMILES string of the molecule is CC(C)CNC(=O)Cc1ccc(N(Cc2ccccc2)C(=O)C2CCCC2)cc1. The smallest absolute Gasteiger partial charge is 0.230 e. The zero-order valence-corrected chi connectivity index (χ0v) is 17.6. The molecule has 0 spiro atoms. The number of nitrogens with one attached hydrogen (secondary N) is 1. The molecule has 0 saturated heterocycles. The van der Waals surface area contributed by atoms with Crippen LogP contribution in [0.15, 0.2) is 54.6 Å². The molecule has 2 aromatic rings. The number of rotatable bonds is 8. The Morgan fingerprint density at radius 1 is 0.966 bits per heavy atom. The minimum atomic E-state index is 0.0367. The number of nitrogens with zero attached hydrogens (tertiary/aromatic N) is 1. The van der Waals surface area contributed by atoms with Crippen LogP contribution in [0.3, 0.4) is 0 Å². The predicted molar refractivity (Wildman–Crippen MR) is 118 cm³/mol. The number of anilines is 1. The van der Waals surface area contributed by atoms with Gasteiger partial charge in [-0.3, -0.25) is 9.59 Å². The van der Waals surface area contributed by atoms with E-state index in [1.807, 2.05) is 47.4 Å². The van der Waals surface area contributed by atoms with Gasteiger partial charge in [0.1, 0.15) is 0 Å². The summed E-state index contributed by atoms with van der Waals surface area (Å²) < 4.78 is 0. The van der Waals surface area contributed by atoms with Gasteiger partial charge in [-0.1, -0.05) is 69.2 Å². The van der Waals surface area contributed by atoms with E-state index in [1.54, 1.807) is 0 Å². The number of hydrogen-bond acceptors (Lipinski definition) is 2. The van der Waals surface area contributed by atoms with Gasteiger partial charge in [0.2, 0.25) is 11.8 Å². The molecular weight excluding hydrogens is 360 g/mol.